The lowest BCUT2D eigenvalue weighted by Gasteiger charge is -2.21. The van der Waals surface area contributed by atoms with Gasteiger partial charge in [-0.1, -0.05) is 41.4 Å². The maximum Gasteiger partial charge on any atom is 0.289 e. The molecule has 0 unspecified atom stereocenters. The Labute approximate surface area is 201 Å². The number of anilines is 1. The van der Waals surface area contributed by atoms with Gasteiger partial charge in [0.1, 0.15) is 10.8 Å². The molecule has 2 aromatic carbocycles. The normalized spacial score (nSPS) is 15.4. The minimum atomic E-state index is -3.89. The van der Waals surface area contributed by atoms with Crippen LogP contribution in [0, 0.1) is 17.0 Å². The van der Waals surface area contributed by atoms with Crippen LogP contribution < -0.4 is 4.90 Å². The third-order valence-electron chi connectivity index (χ3n) is 5.42. The molecule has 0 spiro atoms. The fourth-order valence-electron chi connectivity index (χ4n) is 3.60. The Bertz CT molecular complexity index is 1260. The number of hydrogen-bond donors (Lipinski definition) is 0. The summed E-state index contributed by atoms with van der Waals surface area (Å²) < 4.78 is 32.1. The van der Waals surface area contributed by atoms with Gasteiger partial charge in [0.05, 0.1) is 9.82 Å². The second-order valence-electron chi connectivity index (χ2n) is 7.77. The van der Waals surface area contributed by atoms with Crippen molar-refractivity contribution in [3.63, 3.8) is 0 Å². The fraction of sp³-hybridized carbons (Fsp3) is 0.333. The van der Waals surface area contributed by atoms with Gasteiger partial charge in [-0.3, -0.25) is 10.1 Å². The first kappa shape index (κ1) is 23.6. The van der Waals surface area contributed by atoms with Crippen LogP contribution in [-0.2, 0) is 16.4 Å². The van der Waals surface area contributed by atoms with Gasteiger partial charge in [0.15, 0.2) is 0 Å². The Hall–Kier alpha value is -2.60. The van der Waals surface area contributed by atoms with Crippen LogP contribution in [0.25, 0.3) is 0 Å². The van der Waals surface area contributed by atoms with Crippen LogP contribution in [-0.4, -0.2) is 53.2 Å². The molecule has 1 saturated heterocycles. The van der Waals surface area contributed by atoms with Crippen molar-refractivity contribution in [3.05, 3.63) is 74.6 Å². The zero-order valence-corrected chi connectivity index (χ0v) is 20.2. The molecule has 1 aliphatic rings. The molecule has 1 aliphatic heterocycles. The SMILES string of the molecule is Cc1ccc(Cc2nsc(N3CCCN(S(=O)(=O)c4ccc(Cl)c([N+](=O)[O-])c4)CC3)n2)cc1. The Morgan fingerprint density at radius 2 is 1.88 bits per heavy atom. The van der Waals surface area contributed by atoms with Crippen molar-refractivity contribution in [2.75, 3.05) is 31.1 Å². The molecule has 0 saturated carbocycles. The molecule has 0 bridgehead atoms. The van der Waals surface area contributed by atoms with Gasteiger partial charge in [0.2, 0.25) is 15.2 Å². The van der Waals surface area contributed by atoms with Crippen molar-refractivity contribution in [3.8, 4) is 0 Å². The largest absolute Gasteiger partial charge is 0.345 e. The highest BCUT2D eigenvalue weighted by atomic mass is 35.5. The molecule has 0 aliphatic carbocycles. The van der Waals surface area contributed by atoms with E-state index in [1.54, 1.807) is 0 Å². The summed E-state index contributed by atoms with van der Waals surface area (Å²) in [5, 5.41) is 11.8. The van der Waals surface area contributed by atoms with Gasteiger partial charge in [-0.05, 0) is 31.0 Å². The molecule has 0 atom stereocenters. The number of aryl methyl sites for hydroxylation is 1. The summed E-state index contributed by atoms with van der Waals surface area (Å²) in [4.78, 5) is 17.0. The van der Waals surface area contributed by atoms with Crippen LogP contribution in [0.2, 0.25) is 5.02 Å². The number of halogens is 1. The van der Waals surface area contributed by atoms with Crippen molar-refractivity contribution < 1.29 is 13.3 Å². The van der Waals surface area contributed by atoms with Crippen molar-refractivity contribution in [1.82, 2.24) is 13.7 Å². The Morgan fingerprint density at radius 1 is 1.12 bits per heavy atom. The average Bonchev–Trinajstić information content (AvgIpc) is 3.09. The lowest BCUT2D eigenvalue weighted by atomic mass is 10.1. The molecule has 9 nitrogen and oxygen atoms in total. The Kier molecular flexibility index (Phi) is 6.94. The van der Waals surface area contributed by atoms with Crippen molar-refractivity contribution in [1.29, 1.82) is 0 Å². The number of rotatable bonds is 6. The maximum absolute atomic E-state index is 13.1. The molecule has 1 fully saturated rings. The highest BCUT2D eigenvalue weighted by molar-refractivity contribution is 7.89. The second kappa shape index (κ2) is 9.72. The minimum Gasteiger partial charge on any atom is -0.345 e. The van der Waals surface area contributed by atoms with Crippen LogP contribution in [0.5, 0.6) is 0 Å². The molecule has 33 heavy (non-hydrogen) atoms. The van der Waals surface area contributed by atoms with Gasteiger partial charge in [0, 0.05) is 50.2 Å². The van der Waals surface area contributed by atoms with E-state index in [1.165, 1.54) is 33.5 Å². The minimum absolute atomic E-state index is 0.0984. The van der Waals surface area contributed by atoms with Crippen LogP contribution in [0.15, 0.2) is 47.4 Å². The predicted octanol–water partition coefficient (Wildman–Crippen LogP) is 3.90. The van der Waals surface area contributed by atoms with Gasteiger partial charge in [-0.2, -0.15) is 8.68 Å². The third-order valence-corrected chi connectivity index (χ3v) is 8.45. The molecular weight excluding hydrogens is 486 g/mol. The molecule has 1 aromatic heterocycles. The van der Waals surface area contributed by atoms with Crippen LogP contribution >= 0.6 is 23.1 Å². The molecule has 4 rings (SSSR count). The molecule has 0 amide bonds. The molecule has 2 heterocycles. The summed E-state index contributed by atoms with van der Waals surface area (Å²) >= 11 is 7.14. The van der Waals surface area contributed by atoms with E-state index in [0.717, 1.165) is 22.6 Å². The summed E-state index contributed by atoms with van der Waals surface area (Å²) in [6, 6.07) is 11.8. The summed E-state index contributed by atoms with van der Waals surface area (Å²) in [6.07, 6.45) is 1.24. The molecule has 174 valence electrons. The van der Waals surface area contributed by atoms with E-state index >= 15 is 0 Å². The van der Waals surface area contributed by atoms with Crippen molar-refractivity contribution >= 4 is 44.0 Å². The quantitative estimate of drug-likeness (QED) is 0.367. The van der Waals surface area contributed by atoms with Crippen LogP contribution in [0.4, 0.5) is 10.8 Å². The first-order chi connectivity index (χ1) is 15.7. The zero-order valence-electron chi connectivity index (χ0n) is 17.8. The molecular formula is C21H22ClN5O4S2. The van der Waals surface area contributed by atoms with Gasteiger partial charge in [0.25, 0.3) is 5.69 Å². The zero-order chi connectivity index (χ0) is 23.6. The third kappa shape index (κ3) is 5.32. The summed E-state index contributed by atoms with van der Waals surface area (Å²) in [7, 11) is -3.89. The maximum atomic E-state index is 13.1. The van der Waals surface area contributed by atoms with Gasteiger partial charge in [-0.15, -0.1) is 0 Å². The Balaban J connectivity index is 1.45. The van der Waals surface area contributed by atoms with E-state index in [-0.39, 0.29) is 16.5 Å². The monoisotopic (exact) mass is 507 g/mol. The average molecular weight is 508 g/mol. The smallest absolute Gasteiger partial charge is 0.289 e. The van der Waals surface area contributed by atoms with E-state index in [9.17, 15) is 18.5 Å². The number of benzene rings is 2. The first-order valence-electron chi connectivity index (χ1n) is 10.3. The van der Waals surface area contributed by atoms with Crippen molar-refractivity contribution in [2.45, 2.75) is 24.7 Å². The number of nitro groups is 1. The first-order valence-corrected chi connectivity index (χ1v) is 12.9. The Morgan fingerprint density at radius 3 is 2.61 bits per heavy atom. The van der Waals surface area contributed by atoms with E-state index in [2.05, 4.69) is 33.6 Å². The summed E-state index contributed by atoms with van der Waals surface area (Å²) in [5.74, 6) is 0.737. The van der Waals surface area contributed by atoms with Crippen LogP contribution in [0.1, 0.15) is 23.4 Å². The summed E-state index contributed by atoms with van der Waals surface area (Å²) in [6.45, 7) is 3.69. The van der Waals surface area contributed by atoms with Gasteiger partial charge < -0.3 is 4.90 Å². The predicted molar refractivity (Wildman–Crippen MR) is 128 cm³/mol. The number of nitrogens with zero attached hydrogens (tertiary/aromatic N) is 5. The highest BCUT2D eigenvalue weighted by Gasteiger charge is 2.29. The summed E-state index contributed by atoms with van der Waals surface area (Å²) in [5.41, 5.74) is 1.90. The van der Waals surface area contributed by atoms with Crippen LogP contribution in [0.3, 0.4) is 0 Å². The van der Waals surface area contributed by atoms with Gasteiger partial charge >= 0.3 is 0 Å². The molecule has 3 aromatic rings. The number of sulfonamides is 1. The number of nitro benzene ring substituents is 1. The van der Waals surface area contributed by atoms with E-state index in [0.29, 0.717) is 32.5 Å². The lowest BCUT2D eigenvalue weighted by molar-refractivity contribution is -0.384. The molecule has 0 N–H and O–H groups in total. The van der Waals surface area contributed by atoms with Gasteiger partial charge in [-0.25, -0.2) is 13.4 Å². The lowest BCUT2D eigenvalue weighted by Crippen LogP contribution is -2.35. The van der Waals surface area contributed by atoms with E-state index in [4.69, 9.17) is 11.6 Å². The topological polar surface area (TPSA) is 110 Å². The number of hydrogen-bond acceptors (Lipinski definition) is 8. The molecule has 12 heteroatoms. The van der Waals surface area contributed by atoms with E-state index in [1.807, 2.05) is 11.8 Å². The number of aromatic nitrogens is 2. The standard InChI is InChI=1S/C21H22ClN5O4S2/c1-15-3-5-16(6-4-15)13-20-23-21(32-24-20)25-9-2-10-26(12-11-25)33(30,31)17-7-8-18(22)19(14-17)27(28)29/h3-8,14H,2,9-13H2,1H3. The molecule has 0 radical (unpaired) electrons. The highest BCUT2D eigenvalue weighted by Crippen LogP contribution is 2.29. The van der Waals surface area contributed by atoms with E-state index < -0.39 is 20.6 Å². The van der Waals surface area contributed by atoms with Crippen molar-refractivity contribution in [2.24, 2.45) is 0 Å². The second-order valence-corrected chi connectivity index (χ2v) is 10.8. The fourth-order valence-corrected chi connectivity index (χ4v) is 6.01.